The molecule has 0 fully saturated rings. The molecule has 1 aromatic carbocycles. The minimum Gasteiger partial charge on any atom is -0.478 e. The second-order valence-corrected chi connectivity index (χ2v) is 6.99. The van der Waals surface area contributed by atoms with E-state index in [0.29, 0.717) is 24.2 Å². The normalized spacial score (nSPS) is 16.0. The number of carbonyl (C=O) groups is 2. The van der Waals surface area contributed by atoms with E-state index in [0.717, 1.165) is 11.1 Å². The Hall–Kier alpha value is -2.49. The second kappa shape index (κ2) is 5.30. The molecule has 3 rings (SSSR count). The van der Waals surface area contributed by atoms with Gasteiger partial charge in [-0.3, -0.25) is 9.78 Å². The Morgan fingerprint density at radius 1 is 1.17 bits per heavy atom. The number of pyridine rings is 1. The fraction of sp³-hybridized carbons (Fsp3) is 0.316. The van der Waals surface area contributed by atoms with Crippen molar-refractivity contribution in [3.05, 3.63) is 52.7 Å². The zero-order valence-electron chi connectivity index (χ0n) is 13.5. The van der Waals surface area contributed by atoms with Crippen molar-refractivity contribution in [3.63, 3.8) is 0 Å². The van der Waals surface area contributed by atoms with Gasteiger partial charge in [-0.05, 0) is 24.8 Å². The van der Waals surface area contributed by atoms with Gasteiger partial charge >= 0.3 is 5.97 Å². The molecule has 2 aromatic rings. The van der Waals surface area contributed by atoms with Crippen LogP contribution in [-0.2, 0) is 6.42 Å². The standard InChI is InChI=1S/C19H19NO3/c1-11-4-6-12(7-5-11)14-8-13(18(22)23)17-15(20-14)9-19(2,3)10-16(17)21/h4-8H,9-10H2,1-3H3,(H,22,23). The third-order valence-electron chi connectivity index (χ3n) is 4.24. The van der Waals surface area contributed by atoms with E-state index in [1.165, 1.54) is 6.07 Å². The number of ketones is 1. The monoisotopic (exact) mass is 309 g/mol. The molecule has 0 bridgehead atoms. The first-order chi connectivity index (χ1) is 10.8. The SMILES string of the molecule is Cc1ccc(-c2cc(C(=O)O)c3c(n2)CC(C)(C)CC3=O)cc1. The summed E-state index contributed by atoms with van der Waals surface area (Å²) in [5.41, 5.74) is 3.34. The van der Waals surface area contributed by atoms with E-state index < -0.39 is 5.97 Å². The van der Waals surface area contributed by atoms with E-state index in [9.17, 15) is 14.7 Å². The molecular formula is C19H19NO3. The number of benzene rings is 1. The number of rotatable bonds is 2. The Kier molecular flexibility index (Phi) is 3.55. The lowest BCUT2D eigenvalue weighted by Gasteiger charge is -2.30. The van der Waals surface area contributed by atoms with Gasteiger partial charge in [0, 0.05) is 12.0 Å². The Morgan fingerprint density at radius 2 is 1.83 bits per heavy atom. The molecule has 0 unspecified atom stereocenters. The molecule has 1 N–H and O–H groups in total. The van der Waals surface area contributed by atoms with Gasteiger partial charge in [0.1, 0.15) is 0 Å². The average Bonchev–Trinajstić information content (AvgIpc) is 2.45. The predicted octanol–water partition coefficient (Wildman–Crippen LogP) is 3.91. The predicted molar refractivity (Wildman–Crippen MR) is 87.8 cm³/mol. The van der Waals surface area contributed by atoms with Gasteiger partial charge in [0.2, 0.25) is 0 Å². The first-order valence-corrected chi connectivity index (χ1v) is 7.64. The van der Waals surface area contributed by atoms with Gasteiger partial charge in [-0.15, -0.1) is 0 Å². The highest BCUT2D eigenvalue weighted by Gasteiger charge is 2.35. The van der Waals surface area contributed by atoms with Crippen LogP contribution in [0.25, 0.3) is 11.3 Å². The molecular weight excluding hydrogens is 290 g/mol. The number of fused-ring (bicyclic) bond motifs is 1. The smallest absolute Gasteiger partial charge is 0.336 e. The number of nitrogens with zero attached hydrogens (tertiary/aromatic N) is 1. The van der Waals surface area contributed by atoms with E-state index in [-0.39, 0.29) is 22.3 Å². The molecule has 23 heavy (non-hydrogen) atoms. The molecule has 0 atom stereocenters. The zero-order valence-corrected chi connectivity index (χ0v) is 13.5. The summed E-state index contributed by atoms with van der Waals surface area (Å²) in [7, 11) is 0. The molecule has 1 heterocycles. The topological polar surface area (TPSA) is 67.3 Å². The molecule has 1 aromatic heterocycles. The summed E-state index contributed by atoms with van der Waals surface area (Å²) in [6, 6.07) is 9.29. The maximum absolute atomic E-state index is 12.4. The Bertz CT molecular complexity index is 804. The van der Waals surface area contributed by atoms with E-state index in [1.54, 1.807) is 0 Å². The summed E-state index contributed by atoms with van der Waals surface area (Å²) in [5, 5.41) is 9.52. The number of carboxylic acids is 1. The Labute approximate surface area is 135 Å². The van der Waals surface area contributed by atoms with Crippen LogP contribution in [0.5, 0.6) is 0 Å². The van der Waals surface area contributed by atoms with E-state index in [1.807, 2.05) is 45.0 Å². The largest absolute Gasteiger partial charge is 0.478 e. The molecule has 0 amide bonds. The number of aromatic carboxylic acids is 1. The summed E-state index contributed by atoms with van der Waals surface area (Å²) in [4.78, 5) is 28.7. The lowest BCUT2D eigenvalue weighted by molar-refractivity contribution is 0.0687. The second-order valence-electron chi connectivity index (χ2n) is 6.99. The number of aromatic nitrogens is 1. The number of carbonyl (C=O) groups excluding carboxylic acids is 1. The van der Waals surface area contributed by atoms with Crippen molar-refractivity contribution < 1.29 is 14.7 Å². The fourth-order valence-electron chi connectivity index (χ4n) is 3.12. The highest BCUT2D eigenvalue weighted by atomic mass is 16.4. The zero-order chi connectivity index (χ0) is 16.8. The molecule has 4 nitrogen and oxygen atoms in total. The summed E-state index contributed by atoms with van der Waals surface area (Å²) in [5.74, 6) is -1.21. The van der Waals surface area contributed by atoms with E-state index in [2.05, 4.69) is 4.98 Å². The van der Waals surface area contributed by atoms with Crippen LogP contribution in [0, 0.1) is 12.3 Å². The van der Waals surface area contributed by atoms with Crippen LogP contribution in [-0.4, -0.2) is 21.8 Å². The summed E-state index contributed by atoms with van der Waals surface area (Å²) < 4.78 is 0. The third-order valence-corrected chi connectivity index (χ3v) is 4.24. The molecule has 0 radical (unpaired) electrons. The van der Waals surface area contributed by atoms with Gasteiger partial charge in [-0.1, -0.05) is 43.7 Å². The van der Waals surface area contributed by atoms with Gasteiger partial charge in [-0.2, -0.15) is 0 Å². The summed E-state index contributed by atoms with van der Waals surface area (Å²) in [6.45, 7) is 6.01. The van der Waals surface area contributed by atoms with Crippen LogP contribution < -0.4 is 0 Å². The maximum atomic E-state index is 12.4. The quantitative estimate of drug-likeness (QED) is 0.913. The van der Waals surface area contributed by atoms with Crippen LogP contribution in [0.15, 0.2) is 30.3 Å². The van der Waals surface area contributed by atoms with E-state index in [4.69, 9.17) is 0 Å². The minimum atomic E-state index is -1.08. The van der Waals surface area contributed by atoms with Gasteiger partial charge in [0.25, 0.3) is 0 Å². The third kappa shape index (κ3) is 2.89. The van der Waals surface area contributed by atoms with Crippen molar-refractivity contribution in [1.82, 2.24) is 4.98 Å². The maximum Gasteiger partial charge on any atom is 0.336 e. The fourth-order valence-corrected chi connectivity index (χ4v) is 3.12. The molecule has 1 aliphatic carbocycles. The number of aryl methyl sites for hydroxylation is 1. The van der Waals surface area contributed by atoms with Gasteiger partial charge in [0.15, 0.2) is 5.78 Å². The van der Waals surface area contributed by atoms with Gasteiger partial charge < -0.3 is 5.11 Å². The highest BCUT2D eigenvalue weighted by molar-refractivity contribution is 6.08. The molecule has 0 saturated heterocycles. The van der Waals surface area contributed by atoms with Crippen molar-refractivity contribution in [2.45, 2.75) is 33.6 Å². The molecule has 118 valence electrons. The lowest BCUT2D eigenvalue weighted by Crippen LogP contribution is -2.30. The number of carboxylic acid groups (broad SMARTS) is 1. The first-order valence-electron chi connectivity index (χ1n) is 7.64. The van der Waals surface area contributed by atoms with Crippen LogP contribution >= 0.6 is 0 Å². The van der Waals surface area contributed by atoms with Crippen molar-refractivity contribution in [3.8, 4) is 11.3 Å². The number of Topliss-reactive ketones (excluding diaryl/α,β-unsaturated/α-hetero) is 1. The molecule has 0 saturated carbocycles. The van der Waals surface area contributed by atoms with E-state index >= 15 is 0 Å². The van der Waals surface area contributed by atoms with Gasteiger partial charge in [-0.25, -0.2) is 4.79 Å². The lowest BCUT2D eigenvalue weighted by atomic mass is 9.74. The molecule has 0 spiro atoms. The summed E-state index contributed by atoms with van der Waals surface area (Å²) >= 11 is 0. The van der Waals surface area contributed by atoms with Crippen LogP contribution in [0.2, 0.25) is 0 Å². The number of hydrogen-bond acceptors (Lipinski definition) is 3. The van der Waals surface area contributed by atoms with Crippen LogP contribution in [0.4, 0.5) is 0 Å². The summed E-state index contributed by atoms with van der Waals surface area (Å²) in [6.07, 6.45) is 0.958. The van der Waals surface area contributed by atoms with Gasteiger partial charge in [0.05, 0.1) is 22.5 Å². The van der Waals surface area contributed by atoms with Crippen LogP contribution in [0.1, 0.15) is 52.2 Å². The Morgan fingerprint density at radius 3 is 2.43 bits per heavy atom. The van der Waals surface area contributed by atoms with Crippen molar-refractivity contribution in [2.24, 2.45) is 5.41 Å². The Balaban J connectivity index is 2.21. The molecule has 4 heteroatoms. The van der Waals surface area contributed by atoms with Crippen molar-refractivity contribution in [2.75, 3.05) is 0 Å². The molecule has 0 aliphatic heterocycles. The number of hydrogen-bond donors (Lipinski definition) is 1. The van der Waals surface area contributed by atoms with Crippen LogP contribution in [0.3, 0.4) is 0 Å². The first kappa shape index (κ1) is 15.4. The highest BCUT2D eigenvalue weighted by Crippen LogP contribution is 2.36. The van der Waals surface area contributed by atoms with Crippen molar-refractivity contribution in [1.29, 1.82) is 0 Å². The minimum absolute atomic E-state index is 0.0612. The van der Waals surface area contributed by atoms with Crippen molar-refractivity contribution >= 4 is 11.8 Å². The average molecular weight is 309 g/mol. The molecule has 1 aliphatic rings.